The normalized spacial score (nSPS) is 14.8. The summed E-state index contributed by atoms with van der Waals surface area (Å²) in [6.07, 6.45) is 1.72. The lowest BCUT2D eigenvalue weighted by Crippen LogP contribution is -2.43. The Balaban J connectivity index is 1.59. The molecule has 2 N–H and O–H groups in total. The fourth-order valence-corrected chi connectivity index (χ4v) is 2.54. The molecule has 2 heterocycles. The van der Waals surface area contributed by atoms with Gasteiger partial charge in [0.05, 0.1) is 5.69 Å². The highest BCUT2D eigenvalue weighted by Gasteiger charge is 2.29. The van der Waals surface area contributed by atoms with E-state index in [-0.39, 0.29) is 11.9 Å². The number of ether oxygens (including phenoxy) is 1. The molecule has 1 saturated heterocycles. The van der Waals surface area contributed by atoms with Crippen molar-refractivity contribution in [2.45, 2.75) is 19.6 Å². The van der Waals surface area contributed by atoms with Crippen LogP contribution in [0.5, 0.6) is 5.75 Å². The van der Waals surface area contributed by atoms with Crippen LogP contribution in [0.2, 0.25) is 0 Å². The SMILES string of the molecule is C[C@H](Nc1cccc(OCc2ccccn2)c1)C(=O)N1CCNC1=O. The van der Waals surface area contributed by atoms with Crippen molar-refractivity contribution in [2.24, 2.45) is 0 Å². The Morgan fingerprint density at radius 2 is 2.24 bits per heavy atom. The van der Waals surface area contributed by atoms with Crippen LogP contribution in [0.25, 0.3) is 0 Å². The smallest absolute Gasteiger partial charge is 0.324 e. The first-order valence-electron chi connectivity index (χ1n) is 8.12. The molecule has 25 heavy (non-hydrogen) atoms. The van der Waals surface area contributed by atoms with Gasteiger partial charge in [-0.2, -0.15) is 0 Å². The molecule has 0 bridgehead atoms. The van der Waals surface area contributed by atoms with Gasteiger partial charge in [0.1, 0.15) is 18.4 Å². The van der Waals surface area contributed by atoms with E-state index in [4.69, 9.17) is 4.74 Å². The second-order valence-electron chi connectivity index (χ2n) is 5.73. The highest BCUT2D eigenvalue weighted by Crippen LogP contribution is 2.19. The van der Waals surface area contributed by atoms with Gasteiger partial charge in [0.2, 0.25) is 0 Å². The van der Waals surface area contributed by atoms with Crippen LogP contribution >= 0.6 is 0 Å². The van der Waals surface area contributed by atoms with Gasteiger partial charge in [-0.25, -0.2) is 4.79 Å². The van der Waals surface area contributed by atoms with Crippen molar-refractivity contribution in [2.75, 3.05) is 18.4 Å². The summed E-state index contributed by atoms with van der Waals surface area (Å²) < 4.78 is 5.73. The van der Waals surface area contributed by atoms with Gasteiger partial charge in [0, 0.05) is 31.0 Å². The first-order chi connectivity index (χ1) is 12.1. The summed E-state index contributed by atoms with van der Waals surface area (Å²) in [6, 6.07) is 12.1. The van der Waals surface area contributed by atoms with Crippen LogP contribution in [0.3, 0.4) is 0 Å². The monoisotopic (exact) mass is 340 g/mol. The van der Waals surface area contributed by atoms with Crippen molar-refractivity contribution in [1.82, 2.24) is 15.2 Å². The lowest BCUT2D eigenvalue weighted by Gasteiger charge is -2.20. The standard InChI is InChI=1S/C18H20N4O3/c1-13(17(23)22-10-9-20-18(22)24)21-14-6-4-7-16(11-14)25-12-15-5-2-3-8-19-15/h2-8,11,13,21H,9-10,12H2,1H3,(H,20,24)/t13-/m0/s1. The predicted octanol–water partition coefficient (Wildman–Crippen LogP) is 2.01. The third kappa shape index (κ3) is 4.26. The highest BCUT2D eigenvalue weighted by molar-refractivity contribution is 5.99. The van der Waals surface area contributed by atoms with Crippen LogP contribution in [0, 0.1) is 0 Å². The van der Waals surface area contributed by atoms with E-state index in [0.29, 0.717) is 25.4 Å². The number of imide groups is 1. The highest BCUT2D eigenvalue weighted by atomic mass is 16.5. The number of urea groups is 1. The fourth-order valence-electron chi connectivity index (χ4n) is 2.54. The number of rotatable bonds is 6. The van der Waals surface area contributed by atoms with Gasteiger partial charge in [-0.1, -0.05) is 12.1 Å². The molecule has 2 aromatic rings. The van der Waals surface area contributed by atoms with Crippen molar-refractivity contribution in [3.8, 4) is 5.75 Å². The van der Waals surface area contributed by atoms with E-state index in [1.165, 1.54) is 4.90 Å². The van der Waals surface area contributed by atoms with Crippen LogP contribution in [-0.4, -0.2) is 41.0 Å². The average Bonchev–Trinajstić information content (AvgIpc) is 3.06. The van der Waals surface area contributed by atoms with Gasteiger partial charge >= 0.3 is 6.03 Å². The lowest BCUT2D eigenvalue weighted by atomic mass is 10.2. The number of amides is 3. The summed E-state index contributed by atoms with van der Waals surface area (Å²) in [6.45, 7) is 2.99. The Kier molecular flexibility index (Phi) is 5.13. The quantitative estimate of drug-likeness (QED) is 0.840. The molecule has 0 spiro atoms. The zero-order valence-electron chi connectivity index (χ0n) is 13.9. The zero-order valence-corrected chi connectivity index (χ0v) is 13.9. The average molecular weight is 340 g/mol. The molecule has 1 fully saturated rings. The molecule has 7 nitrogen and oxygen atoms in total. The number of aromatic nitrogens is 1. The van der Waals surface area contributed by atoms with Gasteiger partial charge in [-0.15, -0.1) is 0 Å². The molecule has 1 aromatic heterocycles. The number of nitrogens with one attached hydrogen (secondary N) is 2. The molecule has 1 atom stereocenters. The Bertz CT molecular complexity index is 751. The van der Waals surface area contributed by atoms with E-state index in [0.717, 1.165) is 11.4 Å². The maximum absolute atomic E-state index is 12.3. The summed E-state index contributed by atoms with van der Waals surface area (Å²) >= 11 is 0. The lowest BCUT2D eigenvalue weighted by molar-refractivity contribution is -0.128. The van der Waals surface area contributed by atoms with Crippen molar-refractivity contribution >= 4 is 17.6 Å². The first kappa shape index (κ1) is 16.8. The van der Waals surface area contributed by atoms with Gasteiger partial charge in [-0.05, 0) is 31.2 Å². The van der Waals surface area contributed by atoms with Crippen molar-refractivity contribution in [3.05, 3.63) is 54.4 Å². The summed E-state index contributed by atoms with van der Waals surface area (Å²) in [5.74, 6) is 0.420. The molecule has 130 valence electrons. The Morgan fingerprint density at radius 1 is 1.36 bits per heavy atom. The zero-order chi connectivity index (χ0) is 17.6. The van der Waals surface area contributed by atoms with E-state index < -0.39 is 6.04 Å². The Morgan fingerprint density at radius 3 is 2.96 bits per heavy atom. The number of anilines is 1. The molecule has 1 aliphatic rings. The molecule has 0 saturated carbocycles. The van der Waals surface area contributed by atoms with Crippen molar-refractivity contribution in [1.29, 1.82) is 0 Å². The molecule has 0 radical (unpaired) electrons. The van der Waals surface area contributed by atoms with Crippen LogP contribution in [0.4, 0.5) is 10.5 Å². The molecule has 7 heteroatoms. The van der Waals surface area contributed by atoms with Gasteiger partial charge in [0.25, 0.3) is 5.91 Å². The summed E-state index contributed by atoms with van der Waals surface area (Å²) in [5.41, 5.74) is 1.59. The third-order valence-electron chi connectivity index (χ3n) is 3.82. The van der Waals surface area contributed by atoms with Gasteiger partial charge in [0.15, 0.2) is 0 Å². The molecule has 3 rings (SSSR count). The van der Waals surface area contributed by atoms with E-state index in [2.05, 4.69) is 15.6 Å². The number of benzene rings is 1. The van der Waals surface area contributed by atoms with Gasteiger partial charge < -0.3 is 15.4 Å². The summed E-state index contributed by atoms with van der Waals surface area (Å²) in [5, 5.41) is 5.73. The number of carbonyl (C=O) groups excluding carboxylic acids is 2. The maximum atomic E-state index is 12.3. The van der Waals surface area contributed by atoms with Crippen molar-refractivity contribution < 1.29 is 14.3 Å². The first-order valence-corrected chi connectivity index (χ1v) is 8.12. The largest absolute Gasteiger partial charge is 0.487 e. The minimum absolute atomic E-state index is 0.255. The van der Waals surface area contributed by atoms with Gasteiger partial charge in [-0.3, -0.25) is 14.7 Å². The van der Waals surface area contributed by atoms with E-state index >= 15 is 0 Å². The number of nitrogens with zero attached hydrogens (tertiary/aromatic N) is 2. The molecule has 1 aromatic carbocycles. The minimum atomic E-state index is -0.519. The molecule has 1 aliphatic heterocycles. The predicted molar refractivity (Wildman–Crippen MR) is 93.2 cm³/mol. The van der Waals surface area contributed by atoms with E-state index in [1.54, 1.807) is 13.1 Å². The Labute approximate surface area is 146 Å². The third-order valence-corrected chi connectivity index (χ3v) is 3.82. The molecular weight excluding hydrogens is 320 g/mol. The topological polar surface area (TPSA) is 83.6 Å². The molecular formula is C18H20N4O3. The maximum Gasteiger partial charge on any atom is 0.324 e. The van der Waals surface area contributed by atoms with Crippen LogP contribution in [0.15, 0.2) is 48.7 Å². The molecule has 3 amide bonds. The fraction of sp³-hybridized carbons (Fsp3) is 0.278. The number of pyridine rings is 1. The van der Waals surface area contributed by atoms with Crippen LogP contribution in [-0.2, 0) is 11.4 Å². The van der Waals surface area contributed by atoms with Crippen LogP contribution in [0.1, 0.15) is 12.6 Å². The van der Waals surface area contributed by atoms with E-state index in [9.17, 15) is 9.59 Å². The summed E-state index contributed by atoms with van der Waals surface area (Å²) in [4.78, 5) is 29.3. The second-order valence-corrected chi connectivity index (χ2v) is 5.73. The van der Waals surface area contributed by atoms with Crippen LogP contribution < -0.4 is 15.4 Å². The molecule has 0 aliphatic carbocycles. The number of carbonyl (C=O) groups is 2. The minimum Gasteiger partial charge on any atom is -0.487 e. The van der Waals surface area contributed by atoms with E-state index in [1.807, 2.05) is 42.5 Å². The number of hydrogen-bond acceptors (Lipinski definition) is 5. The number of hydrogen-bond donors (Lipinski definition) is 2. The van der Waals surface area contributed by atoms with Crippen molar-refractivity contribution in [3.63, 3.8) is 0 Å². The molecule has 0 unspecified atom stereocenters. The summed E-state index contributed by atoms with van der Waals surface area (Å²) in [7, 11) is 0. The Hall–Kier alpha value is -3.09. The second kappa shape index (κ2) is 7.65.